The van der Waals surface area contributed by atoms with Crippen LogP contribution in [-0.2, 0) is 6.42 Å². The number of fused-ring (bicyclic) bond motifs is 1. The minimum absolute atomic E-state index is 0.0903. The van der Waals surface area contributed by atoms with E-state index < -0.39 is 6.10 Å². The van der Waals surface area contributed by atoms with E-state index in [9.17, 15) is 9.50 Å². The van der Waals surface area contributed by atoms with Gasteiger partial charge in [0.2, 0.25) is 0 Å². The van der Waals surface area contributed by atoms with Crippen molar-refractivity contribution in [3.63, 3.8) is 0 Å². The standard InChI is InChI=1S/C17H17FO3/c1-11(19)15-7-6-13(18)9-17(15)20-10-14-8-12-4-2-3-5-16(12)21-14/h2-7,9,11,14,19H,8,10H2,1H3. The first kappa shape index (κ1) is 13.9. The molecule has 0 saturated heterocycles. The molecule has 0 bridgehead atoms. The van der Waals surface area contributed by atoms with Crippen LogP contribution in [0, 0.1) is 5.82 Å². The summed E-state index contributed by atoms with van der Waals surface area (Å²) in [6, 6.07) is 12.0. The smallest absolute Gasteiger partial charge is 0.137 e. The summed E-state index contributed by atoms with van der Waals surface area (Å²) in [5.41, 5.74) is 1.73. The Kier molecular flexibility index (Phi) is 3.80. The molecular formula is C17H17FO3. The summed E-state index contributed by atoms with van der Waals surface area (Å²) in [6.45, 7) is 1.94. The Labute approximate surface area is 122 Å². The third kappa shape index (κ3) is 3.00. The number of rotatable bonds is 4. The Morgan fingerprint density at radius 1 is 1.33 bits per heavy atom. The molecule has 1 N–H and O–H groups in total. The zero-order chi connectivity index (χ0) is 14.8. The predicted molar refractivity (Wildman–Crippen MR) is 77.1 cm³/mol. The average Bonchev–Trinajstić information content (AvgIpc) is 2.87. The Morgan fingerprint density at radius 2 is 2.14 bits per heavy atom. The fourth-order valence-corrected chi connectivity index (χ4v) is 2.51. The molecule has 0 aliphatic carbocycles. The molecule has 1 aliphatic rings. The molecular weight excluding hydrogens is 271 g/mol. The average molecular weight is 288 g/mol. The highest BCUT2D eigenvalue weighted by Crippen LogP contribution is 2.30. The van der Waals surface area contributed by atoms with E-state index in [1.807, 2.05) is 24.3 Å². The zero-order valence-electron chi connectivity index (χ0n) is 11.8. The third-order valence-corrected chi connectivity index (χ3v) is 3.56. The van der Waals surface area contributed by atoms with E-state index in [0.717, 1.165) is 17.7 Å². The molecule has 1 aliphatic heterocycles. The van der Waals surface area contributed by atoms with E-state index in [-0.39, 0.29) is 11.9 Å². The van der Waals surface area contributed by atoms with Crippen LogP contribution in [0.4, 0.5) is 4.39 Å². The minimum atomic E-state index is -0.706. The van der Waals surface area contributed by atoms with Crippen molar-refractivity contribution >= 4 is 0 Å². The van der Waals surface area contributed by atoms with Crippen LogP contribution in [0.15, 0.2) is 42.5 Å². The van der Waals surface area contributed by atoms with Crippen LogP contribution in [0.5, 0.6) is 11.5 Å². The van der Waals surface area contributed by atoms with Gasteiger partial charge in [-0.3, -0.25) is 0 Å². The quantitative estimate of drug-likeness (QED) is 0.938. The fraction of sp³-hybridized carbons (Fsp3) is 0.294. The molecule has 0 amide bonds. The van der Waals surface area contributed by atoms with Gasteiger partial charge in [-0.25, -0.2) is 4.39 Å². The molecule has 3 nitrogen and oxygen atoms in total. The van der Waals surface area contributed by atoms with Crippen LogP contribution in [-0.4, -0.2) is 17.8 Å². The van der Waals surface area contributed by atoms with Crippen molar-refractivity contribution in [3.8, 4) is 11.5 Å². The maximum atomic E-state index is 13.3. The normalized spacial score (nSPS) is 18.0. The Bertz CT molecular complexity index is 615. The second-order valence-electron chi connectivity index (χ2n) is 5.22. The van der Waals surface area contributed by atoms with Gasteiger partial charge < -0.3 is 14.6 Å². The zero-order valence-corrected chi connectivity index (χ0v) is 11.8. The number of hydrogen-bond acceptors (Lipinski definition) is 3. The van der Waals surface area contributed by atoms with Gasteiger partial charge in [-0.15, -0.1) is 0 Å². The summed E-state index contributed by atoms with van der Waals surface area (Å²) in [7, 11) is 0. The number of para-hydroxylation sites is 1. The highest BCUT2D eigenvalue weighted by Gasteiger charge is 2.23. The Morgan fingerprint density at radius 3 is 2.90 bits per heavy atom. The molecule has 0 saturated carbocycles. The fourth-order valence-electron chi connectivity index (χ4n) is 2.51. The van der Waals surface area contributed by atoms with Crippen molar-refractivity contribution in [1.29, 1.82) is 0 Å². The Balaban J connectivity index is 1.68. The van der Waals surface area contributed by atoms with E-state index in [0.29, 0.717) is 17.9 Å². The lowest BCUT2D eigenvalue weighted by atomic mass is 10.1. The molecule has 4 heteroatoms. The van der Waals surface area contributed by atoms with Gasteiger partial charge >= 0.3 is 0 Å². The van der Waals surface area contributed by atoms with E-state index in [2.05, 4.69) is 0 Å². The highest BCUT2D eigenvalue weighted by atomic mass is 19.1. The molecule has 110 valence electrons. The molecule has 21 heavy (non-hydrogen) atoms. The van der Waals surface area contributed by atoms with Gasteiger partial charge in [0.1, 0.15) is 30.0 Å². The molecule has 2 unspecified atom stereocenters. The summed E-state index contributed by atoms with van der Waals surface area (Å²) in [6.07, 6.45) is -0.0232. The maximum Gasteiger partial charge on any atom is 0.137 e. The van der Waals surface area contributed by atoms with Crippen LogP contribution < -0.4 is 9.47 Å². The molecule has 0 radical (unpaired) electrons. The number of halogens is 1. The minimum Gasteiger partial charge on any atom is -0.489 e. The van der Waals surface area contributed by atoms with Crippen molar-refractivity contribution in [2.45, 2.75) is 25.6 Å². The predicted octanol–water partition coefficient (Wildman–Crippen LogP) is 3.26. The number of ether oxygens (including phenoxy) is 2. The molecule has 1 heterocycles. The number of hydrogen-bond donors (Lipinski definition) is 1. The summed E-state index contributed by atoms with van der Waals surface area (Å²) < 4.78 is 24.8. The third-order valence-electron chi connectivity index (χ3n) is 3.56. The van der Waals surface area contributed by atoms with Gasteiger partial charge in [0.15, 0.2) is 0 Å². The van der Waals surface area contributed by atoms with E-state index >= 15 is 0 Å². The van der Waals surface area contributed by atoms with Crippen molar-refractivity contribution in [2.24, 2.45) is 0 Å². The van der Waals surface area contributed by atoms with Crippen LogP contribution in [0.2, 0.25) is 0 Å². The van der Waals surface area contributed by atoms with Gasteiger partial charge in [0.25, 0.3) is 0 Å². The number of benzene rings is 2. The van der Waals surface area contributed by atoms with Crippen molar-refractivity contribution in [2.75, 3.05) is 6.61 Å². The molecule has 2 aromatic rings. The molecule has 2 aromatic carbocycles. The summed E-state index contributed by atoms with van der Waals surface area (Å²) >= 11 is 0. The second kappa shape index (κ2) is 5.74. The van der Waals surface area contributed by atoms with Crippen molar-refractivity contribution in [1.82, 2.24) is 0 Å². The van der Waals surface area contributed by atoms with Crippen molar-refractivity contribution in [3.05, 3.63) is 59.4 Å². The van der Waals surface area contributed by atoms with Crippen LogP contribution in [0.1, 0.15) is 24.2 Å². The number of aliphatic hydroxyl groups is 1. The van der Waals surface area contributed by atoms with Gasteiger partial charge in [-0.05, 0) is 30.7 Å². The van der Waals surface area contributed by atoms with Gasteiger partial charge in [-0.2, -0.15) is 0 Å². The highest BCUT2D eigenvalue weighted by molar-refractivity contribution is 5.38. The lowest BCUT2D eigenvalue weighted by molar-refractivity contribution is 0.141. The topological polar surface area (TPSA) is 38.7 Å². The van der Waals surface area contributed by atoms with Gasteiger partial charge in [0.05, 0.1) is 6.10 Å². The summed E-state index contributed by atoms with van der Waals surface area (Å²) in [4.78, 5) is 0. The SMILES string of the molecule is CC(O)c1ccc(F)cc1OCC1Cc2ccccc2O1. The summed E-state index contributed by atoms with van der Waals surface area (Å²) in [5.74, 6) is 0.857. The molecule has 0 aromatic heterocycles. The van der Waals surface area contributed by atoms with E-state index in [1.54, 1.807) is 13.0 Å². The van der Waals surface area contributed by atoms with Crippen molar-refractivity contribution < 1.29 is 19.0 Å². The summed E-state index contributed by atoms with van der Waals surface area (Å²) in [5, 5.41) is 9.70. The molecule has 3 rings (SSSR count). The van der Waals surface area contributed by atoms with Crippen LogP contribution in [0.25, 0.3) is 0 Å². The largest absolute Gasteiger partial charge is 0.489 e. The molecule has 0 spiro atoms. The van der Waals surface area contributed by atoms with Crippen LogP contribution >= 0.6 is 0 Å². The van der Waals surface area contributed by atoms with Crippen LogP contribution in [0.3, 0.4) is 0 Å². The molecule has 0 fully saturated rings. The second-order valence-corrected chi connectivity index (χ2v) is 5.22. The van der Waals surface area contributed by atoms with E-state index in [1.165, 1.54) is 12.1 Å². The first-order valence-electron chi connectivity index (χ1n) is 6.98. The monoisotopic (exact) mass is 288 g/mol. The van der Waals surface area contributed by atoms with Gasteiger partial charge in [0, 0.05) is 18.1 Å². The van der Waals surface area contributed by atoms with E-state index in [4.69, 9.17) is 9.47 Å². The first-order chi connectivity index (χ1) is 10.1. The lowest BCUT2D eigenvalue weighted by Crippen LogP contribution is -2.22. The number of aliphatic hydroxyl groups excluding tert-OH is 1. The lowest BCUT2D eigenvalue weighted by Gasteiger charge is -2.16. The van der Waals surface area contributed by atoms with Gasteiger partial charge in [-0.1, -0.05) is 18.2 Å². The maximum absolute atomic E-state index is 13.3. The Hall–Kier alpha value is -2.07. The first-order valence-corrected chi connectivity index (χ1v) is 6.98. The molecule has 2 atom stereocenters.